The van der Waals surface area contributed by atoms with Gasteiger partial charge in [-0.05, 0) is 36.8 Å². The fourth-order valence-electron chi connectivity index (χ4n) is 1.86. The van der Waals surface area contributed by atoms with E-state index in [1.165, 1.54) is 0 Å². The second kappa shape index (κ2) is 4.28. The van der Waals surface area contributed by atoms with Crippen LogP contribution >= 0.6 is 0 Å². The van der Waals surface area contributed by atoms with Crippen molar-refractivity contribution >= 4 is 17.1 Å². The molecule has 0 radical (unpaired) electrons. The van der Waals surface area contributed by atoms with E-state index in [9.17, 15) is 4.79 Å². The molecule has 0 unspecified atom stereocenters. The molecular weight excluding hydrogens is 246 g/mol. The van der Waals surface area contributed by atoms with Crippen molar-refractivity contribution in [1.29, 1.82) is 0 Å². The second-order valence-corrected chi connectivity index (χ2v) is 4.28. The number of hydrogen-bond donors (Lipinski definition) is 1. The number of carboxylic acid groups (broad SMARTS) is 1. The molecule has 96 valence electrons. The summed E-state index contributed by atoms with van der Waals surface area (Å²) in [6.45, 7) is 1.64. The molecule has 3 rings (SSSR count). The average molecular weight is 257 g/mol. The minimum Gasteiger partial charge on any atom is -0.481 e. The van der Waals surface area contributed by atoms with Crippen LogP contribution in [0.3, 0.4) is 0 Å². The van der Waals surface area contributed by atoms with Gasteiger partial charge in [-0.1, -0.05) is 6.07 Å². The largest absolute Gasteiger partial charge is 0.481 e. The molecule has 2 aromatic heterocycles. The summed E-state index contributed by atoms with van der Waals surface area (Å²) in [6.07, 6.45) is 1.54. The Kier molecular flexibility index (Phi) is 2.59. The maximum absolute atomic E-state index is 11.0. The molecule has 2 heterocycles. The van der Waals surface area contributed by atoms with Crippen molar-refractivity contribution in [2.45, 2.75) is 12.8 Å². The Hall–Kier alpha value is -2.56. The number of furan rings is 1. The predicted molar refractivity (Wildman–Crippen MR) is 67.8 cm³/mol. The topological polar surface area (TPSA) is 76.5 Å². The first kappa shape index (κ1) is 11.5. The van der Waals surface area contributed by atoms with Crippen LogP contribution in [0.2, 0.25) is 0 Å². The third kappa shape index (κ3) is 1.99. The van der Waals surface area contributed by atoms with E-state index in [1.807, 2.05) is 0 Å². The molecule has 0 aliphatic rings. The summed E-state index contributed by atoms with van der Waals surface area (Å²) in [5.74, 6) is -0.508. The van der Waals surface area contributed by atoms with Crippen molar-refractivity contribution in [2.24, 2.45) is 0 Å². The van der Waals surface area contributed by atoms with Crippen LogP contribution in [0.1, 0.15) is 18.4 Å². The van der Waals surface area contributed by atoms with Crippen LogP contribution in [0.5, 0.6) is 0 Å². The number of rotatable bonds is 3. The average Bonchev–Trinajstić information content (AvgIpc) is 3.05. The SMILES string of the molecule is C[C@@H](C(=O)O)c1ccc2oc(-c3ccco3)nc2c1. The Bertz CT molecular complexity index is 727. The number of fused-ring (bicyclic) bond motifs is 1. The van der Waals surface area contributed by atoms with Crippen molar-refractivity contribution in [3.05, 3.63) is 42.2 Å². The van der Waals surface area contributed by atoms with Crippen LogP contribution in [0.15, 0.2) is 45.4 Å². The number of carboxylic acids is 1. The van der Waals surface area contributed by atoms with E-state index >= 15 is 0 Å². The standard InChI is InChI=1S/C14H11NO4/c1-8(14(16)17)9-4-5-11-10(7-9)15-13(19-11)12-3-2-6-18-12/h2-8H,1H3,(H,16,17)/t8-/m1/s1. The molecule has 1 atom stereocenters. The molecule has 0 aliphatic carbocycles. The Morgan fingerprint density at radius 1 is 1.37 bits per heavy atom. The van der Waals surface area contributed by atoms with Crippen LogP contribution < -0.4 is 0 Å². The number of hydrogen-bond acceptors (Lipinski definition) is 4. The molecule has 0 spiro atoms. The lowest BCUT2D eigenvalue weighted by atomic mass is 10.0. The fourth-order valence-corrected chi connectivity index (χ4v) is 1.86. The van der Waals surface area contributed by atoms with Gasteiger partial charge >= 0.3 is 5.97 Å². The molecule has 0 aliphatic heterocycles. The van der Waals surface area contributed by atoms with E-state index in [0.29, 0.717) is 28.3 Å². The Balaban J connectivity index is 2.07. The van der Waals surface area contributed by atoms with Crippen molar-refractivity contribution < 1.29 is 18.7 Å². The van der Waals surface area contributed by atoms with Gasteiger partial charge in [-0.15, -0.1) is 0 Å². The number of benzene rings is 1. The highest BCUT2D eigenvalue weighted by Crippen LogP contribution is 2.27. The maximum atomic E-state index is 11.0. The molecule has 1 N–H and O–H groups in total. The molecule has 19 heavy (non-hydrogen) atoms. The molecular formula is C14H11NO4. The van der Waals surface area contributed by atoms with E-state index in [2.05, 4.69) is 4.98 Å². The summed E-state index contributed by atoms with van der Waals surface area (Å²) in [7, 11) is 0. The number of aromatic nitrogens is 1. The van der Waals surface area contributed by atoms with Gasteiger partial charge < -0.3 is 13.9 Å². The fraction of sp³-hybridized carbons (Fsp3) is 0.143. The zero-order valence-electron chi connectivity index (χ0n) is 10.2. The van der Waals surface area contributed by atoms with Crippen LogP contribution in [0.25, 0.3) is 22.8 Å². The van der Waals surface area contributed by atoms with E-state index in [-0.39, 0.29) is 0 Å². The molecule has 5 nitrogen and oxygen atoms in total. The van der Waals surface area contributed by atoms with Gasteiger partial charge in [0.15, 0.2) is 11.3 Å². The molecule has 5 heteroatoms. The summed E-state index contributed by atoms with van der Waals surface area (Å²) in [5.41, 5.74) is 1.92. The summed E-state index contributed by atoms with van der Waals surface area (Å²) >= 11 is 0. The van der Waals surface area contributed by atoms with Gasteiger partial charge in [0.25, 0.3) is 5.89 Å². The molecule has 0 amide bonds. The van der Waals surface area contributed by atoms with Crippen molar-refractivity contribution in [2.75, 3.05) is 0 Å². The Morgan fingerprint density at radius 2 is 2.21 bits per heavy atom. The third-order valence-electron chi connectivity index (χ3n) is 3.01. The van der Waals surface area contributed by atoms with Crippen molar-refractivity contribution in [3.63, 3.8) is 0 Å². The third-order valence-corrected chi connectivity index (χ3v) is 3.01. The first-order valence-electron chi connectivity index (χ1n) is 5.82. The smallest absolute Gasteiger partial charge is 0.310 e. The Labute approximate surface area is 108 Å². The van der Waals surface area contributed by atoms with Gasteiger partial charge in [0.2, 0.25) is 0 Å². The zero-order valence-corrected chi connectivity index (χ0v) is 10.2. The van der Waals surface area contributed by atoms with Gasteiger partial charge in [0, 0.05) is 0 Å². The van der Waals surface area contributed by atoms with E-state index in [4.69, 9.17) is 13.9 Å². The minimum absolute atomic E-state index is 0.389. The highest BCUT2D eigenvalue weighted by Gasteiger charge is 2.16. The highest BCUT2D eigenvalue weighted by atomic mass is 16.4. The quantitative estimate of drug-likeness (QED) is 0.779. The van der Waals surface area contributed by atoms with Crippen LogP contribution in [0.4, 0.5) is 0 Å². The second-order valence-electron chi connectivity index (χ2n) is 4.28. The lowest BCUT2D eigenvalue weighted by molar-refractivity contribution is -0.138. The molecule has 0 saturated carbocycles. The summed E-state index contributed by atoms with van der Waals surface area (Å²) in [6, 6.07) is 8.69. The first-order chi connectivity index (χ1) is 9.15. The van der Waals surface area contributed by atoms with Crippen molar-refractivity contribution in [3.8, 4) is 11.7 Å². The van der Waals surface area contributed by atoms with Gasteiger partial charge in [-0.25, -0.2) is 4.98 Å². The van der Waals surface area contributed by atoms with Gasteiger partial charge in [-0.3, -0.25) is 4.79 Å². The molecule has 3 aromatic rings. The molecule has 0 saturated heterocycles. The normalized spacial score (nSPS) is 12.7. The summed E-state index contributed by atoms with van der Waals surface area (Å²) in [5, 5.41) is 9.00. The highest BCUT2D eigenvalue weighted by molar-refractivity contribution is 5.80. The van der Waals surface area contributed by atoms with Crippen molar-refractivity contribution in [1.82, 2.24) is 4.98 Å². The summed E-state index contributed by atoms with van der Waals surface area (Å²) in [4.78, 5) is 15.3. The number of oxazole rings is 1. The maximum Gasteiger partial charge on any atom is 0.310 e. The van der Waals surface area contributed by atoms with Crippen LogP contribution in [0, 0.1) is 0 Å². The number of carbonyl (C=O) groups is 1. The molecule has 1 aromatic carbocycles. The van der Waals surface area contributed by atoms with Gasteiger partial charge in [-0.2, -0.15) is 0 Å². The summed E-state index contributed by atoms with van der Waals surface area (Å²) < 4.78 is 10.8. The van der Waals surface area contributed by atoms with Gasteiger partial charge in [0.1, 0.15) is 5.52 Å². The number of nitrogens with zero attached hydrogens (tertiary/aromatic N) is 1. The van der Waals surface area contributed by atoms with E-state index in [1.54, 1.807) is 43.5 Å². The van der Waals surface area contributed by atoms with E-state index in [0.717, 1.165) is 0 Å². The van der Waals surface area contributed by atoms with Crippen LogP contribution in [-0.4, -0.2) is 16.1 Å². The predicted octanol–water partition coefficient (Wildman–Crippen LogP) is 3.28. The van der Waals surface area contributed by atoms with Crippen LogP contribution in [-0.2, 0) is 4.79 Å². The molecule has 0 fully saturated rings. The monoisotopic (exact) mass is 257 g/mol. The molecule has 0 bridgehead atoms. The number of aliphatic carboxylic acids is 1. The van der Waals surface area contributed by atoms with Gasteiger partial charge in [0.05, 0.1) is 12.2 Å². The lowest BCUT2D eigenvalue weighted by Crippen LogP contribution is -2.06. The lowest BCUT2D eigenvalue weighted by Gasteiger charge is -2.04. The Morgan fingerprint density at radius 3 is 2.89 bits per heavy atom. The zero-order chi connectivity index (χ0) is 13.4. The minimum atomic E-state index is -0.867. The van der Waals surface area contributed by atoms with E-state index < -0.39 is 11.9 Å². The first-order valence-corrected chi connectivity index (χ1v) is 5.82.